The van der Waals surface area contributed by atoms with Crippen molar-refractivity contribution in [1.29, 1.82) is 43.3 Å². The van der Waals surface area contributed by atoms with E-state index in [1.165, 1.54) is 0 Å². The van der Waals surface area contributed by atoms with Crippen LogP contribution >= 0.6 is 46.4 Å². The first kappa shape index (κ1) is 64.1. The molecule has 0 atom stereocenters. The highest BCUT2D eigenvalue weighted by atomic mass is 35.5. The van der Waals surface area contributed by atoms with Gasteiger partial charge in [-0.1, -0.05) is 72.1 Å². The lowest BCUT2D eigenvalue weighted by Gasteiger charge is -2.13. The van der Waals surface area contributed by atoms with Crippen LogP contribution in [0, 0.1) is 43.3 Å². The molecular weight excluding hydrogens is 1060 g/mol. The van der Waals surface area contributed by atoms with E-state index in [1.54, 1.807) is 97.1 Å². The first-order valence-electron chi connectivity index (χ1n) is 23.5. The molecule has 4 aromatic rings. The molecule has 0 amide bonds. The lowest BCUT2D eigenvalue weighted by Crippen LogP contribution is -2.43. The summed E-state index contributed by atoms with van der Waals surface area (Å²) in [7, 11) is 0. The summed E-state index contributed by atoms with van der Waals surface area (Å²) in [5.41, 5.74) is 2.84. The highest BCUT2D eigenvalue weighted by Gasteiger charge is 2.06. The Morgan fingerprint density at radius 2 is 0.500 bits per heavy atom. The topological polar surface area (TPSA) is 410 Å². The van der Waals surface area contributed by atoms with E-state index in [0.29, 0.717) is 69.0 Å². The van der Waals surface area contributed by atoms with E-state index in [0.717, 1.165) is 51.4 Å². The molecule has 76 heavy (non-hydrogen) atoms. The smallest absolute Gasteiger partial charge is 0.303 e. The zero-order valence-electron chi connectivity index (χ0n) is 41.4. The summed E-state index contributed by atoms with van der Waals surface area (Å²) in [6.45, 7) is 2.49. The molecule has 0 aliphatic rings. The summed E-state index contributed by atoms with van der Waals surface area (Å²) in [5.74, 6) is -1.93. The lowest BCUT2D eigenvalue weighted by atomic mass is 10.2. The molecule has 0 aliphatic heterocycles. The van der Waals surface area contributed by atoms with Crippen molar-refractivity contribution >= 4 is 129 Å². The zero-order valence-corrected chi connectivity index (χ0v) is 44.4. The maximum Gasteiger partial charge on any atom is 0.303 e. The third kappa shape index (κ3) is 33.6. The van der Waals surface area contributed by atoms with Crippen molar-refractivity contribution in [1.82, 2.24) is 42.5 Å². The van der Waals surface area contributed by atoms with E-state index in [-0.39, 0.29) is 60.5 Å². The Hall–Kier alpha value is -8.06. The van der Waals surface area contributed by atoms with Crippen LogP contribution in [0.3, 0.4) is 0 Å². The van der Waals surface area contributed by atoms with Crippen molar-refractivity contribution in [3.05, 3.63) is 117 Å². The predicted molar refractivity (Wildman–Crippen MR) is 308 cm³/mol. The monoisotopic (exact) mass is 1130 g/mol. The Kier molecular flexibility index (Phi) is 31.7. The Morgan fingerprint density at radius 3 is 0.671 bits per heavy atom. The molecule has 0 saturated heterocycles. The number of hydrogen-bond acceptors (Lipinski definition) is 10. The van der Waals surface area contributed by atoms with Gasteiger partial charge in [-0.05, 0) is 123 Å². The van der Waals surface area contributed by atoms with Crippen LogP contribution in [0.25, 0.3) is 0 Å². The van der Waals surface area contributed by atoms with Crippen molar-refractivity contribution in [2.24, 2.45) is 0 Å². The van der Waals surface area contributed by atoms with Crippen LogP contribution in [0.15, 0.2) is 97.1 Å². The number of nitrogens with one attached hydrogen (secondary N) is 20. The molecule has 0 aromatic heterocycles. The normalized spacial score (nSPS) is 9.89. The van der Waals surface area contributed by atoms with E-state index < -0.39 is 11.9 Å². The van der Waals surface area contributed by atoms with Gasteiger partial charge in [0.15, 0.2) is 47.7 Å². The van der Waals surface area contributed by atoms with E-state index in [1.807, 2.05) is 0 Å². The number of carbonyl (C=O) groups is 2. The van der Waals surface area contributed by atoms with Gasteiger partial charge in [0, 0.05) is 69.0 Å². The van der Waals surface area contributed by atoms with E-state index in [4.69, 9.17) is 99.9 Å². The summed E-state index contributed by atoms with van der Waals surface area (Å²) in [5, 5.41) is 115. The van der Waals surface area contributed by atoms with Crippen LogP contribution in [0.1, 0.15) is 64.2 Å². The fourth-order valence-electron chi connectivity index (χ4n) is 5.79. The second kappa shape index (κ2) is 37.6. The van der Waals surface area contributed by atoms with E-state index >= 15 is 0 Å². The third-order valence-corrected chi connectivity index (χ3v) is 10.4. The number of hydrogen-bond donors (Lipinski definition) is 22. The largest absolute Gasteiger partial charge is 0.481 e. The molecule has 4 rings (SSSR count). The summed E-state index contributed by atoms with van der Waals surface area (Å²) in [4.78, 5) is 19.3. The van der Waals surface area contributed by atoms with Gasteiger partial charge in [-0.25, -0.2) is 0 Å². The van der Waals surface area contributed by atoms with Crippen molar-refractivity contribution < 1.29 is 19.8 Å². The van der Waals surface area contributed by atoms with Gasteiger partial charge in [-0.3, -0.25) is 74.1 Å². The summed E-state index contributed by atoms with van der Waals surface area (Å²) in [6.07, 6.45) is 6.81. The van der Waals surface area contributed by atoms with Crippen LogP contribution < -0.4 is 63.8 Å². The van der Waals surface area contributed by atoms with Gasteiger partial charge < -0.3 is 52.7 Å². The van der Waals surface area contributed by atoms with Gasteiger partial charge in [0.1, 0.15) is 0 Å². The standard InChI is InChI=1S/2C22H30Cl2N10.C4H6O4/c2*23-15-5-9-17(10-6-15)31-21(27)33-19(25)29-13-3-1-2-4-14-30-20(26)34-22(28)32-18-11-7-16(24)8-12-18;5-3(6)1-2-4(7)8/h2*5-12H,1-4,13-14H2,(H5,25,27,29,31,33)(H5,26,28,30,32,34);1-2H2,(H,5,6)(H,7,8). The molecule has 0 radical (unpaired) electrons. The highest BCUT2D eigenvalue weighted by Crippen LogP contribution is 2.16. The van der Waals surface area contributed by atoms with Crippen molar-refractivity contribution in [2.45, 2.75) is 64.2 Å². The summed E-state index contributed by atoms with van der Waals surface area (Å²) < 4.78 is 0. The number of carboxylic acids is 2. The molecule has 0 fully saturated rings. The first-order valence-corrected chi connectivity index (χ1v) is 25.0. The first-order chi connectivity index (χ1) is 36.3. The number of halogens is 4. The summed E-state index contributed by atoms with van der Waals surface area (Å²) in [6, 6.07) is 27.8. The average Bonchev–Trinajstić information content (AvgIpc) is 3.35. The number of carboxylic acid groups (broad SMARTS) is 2. The van der Waals surface area contributed by atoms with Gasteiger partial charge >= 0.3 is 11.9 Å². The minimum Gasteiger partial charge on any atom is -0.481 e. The highest BCUT2D eigenvalue weighted by molar-refractivity contribution is 6.31. The van der Waals surface area contributed by atoms with Crippen molar-refractivity contribution in [3.63, 3.8) is 0 Å². The van der Waals surface area contributed by atoms with Crippen LogP contribution in [0.4, 0.5) is 22.7 Å². The minimum absolute atomic E-state index is 0.00148. The van der Waals surface area contributed by atoms with Gasteiger partial charge in [0.2, 0.25) is 0 Å². The molecule has 0 aliphatic carbocycles. The molecular formula is C48H66Cl4N20O4. The SMILES string of the molecule is N=C(NCCCCCCNC(=N)NC(=N)Nc1ccc(Cl)cc1)NC(=N)Nc1ccc(Cl)cc1.N=C(NCCCCCCNC(=N)NC(=N)Nc1ccc(Cl)cc1)NC(=N)Nc1ccc(Cl)cc1.O=C(O)CCC(=O)O. The maximum absolute atomic E-state index is 9.64. The average molecular weight is 1130 g/mol. The van der Waals surface area contributed by atoms with Crippen molar-refractivity contribution in [2.75, 3.05) is 47.4 Å². The number of benzene rings is 4. The van der Waals surface area contributed by atoms with Gasteiger partial charge in [0.05, 0.1) is 12.8 Å². The second-order valence-corrected chi connectivity index (χ2v) is 17.6. The van der Waals surface area contributed by atoms with Crippen LogP contribution in [-0.4, -0.2) is 96.0 Å². The molecule has 0 unspecified atom stereocenters. The Labute approximate surface area is 461 Å². The van der Waals surface area contributed by atoms with Crippen molar-refractivity contribution in [3.8, 4) is 0 Å². The fourth-order valence-corrected chi connectivity index (χ4v) is 6.29. The van der Waals surface area contributed by atoms with E-state index in [9.17, 15) is 9.59 Å². The van der Waals surface area contributed by atoms with Gasteiger partial charge in [-0.2, -0.15) is 0 Å². The number of guanidine groups is 8. The summed E-state index contributed by atoms with van der Waals surface area (Å²) >= 11 is 23.3. The van der Waals surface area contributed by atoms with Gasteiger partial charge in [-0.15, -0.1) is 0 Å². The lowest BCUT2D eigenvalue weighted by molar-refractivity contribution is -0.143. The molecule has 0 heterocycles. The maximum atomic E-state index is 9.64. The van der Waals surface area contributed by atoms with E-state index in [2.05, 4.69) is 63.8 Å². The number of unbranched alkanes of at least 4 members (excludes halogenated alkanes) is 6. The van der Waals surface area contributed by atoms with Crippen LogP contribution in [0.2, 0.25) is 20.1 Å². The molecule has 4 aromatic carbocycles. The number of anilines is 4. The number of aliphatic carboxylic acids is 2. The molecule has 0 bridgehead atoms. The predicted octanol–water partition coefficient (Wildman–Crippen LogP) is 8.29. The Morgan fingerprint density at radius 1 is 0.316 bits per heavy atom. The molecule has 22 N–H and O–H groups in total. The minimum atomic E-state index is -1.08. The van der Waals surface area contributed by atoms with Crippen LogP contribution in [-0.2, 0) is 9.59 Å². The molecule has 410 valence electrons. The van der Waals surface area contributed by atoms with Crippen LogP contribution in [0.5, 0.6) is 0 Å². The molecule has 24 nitrogen and oxygen atoms in total. The Balaban J connectivity index is 0.000000454. The molecule has 0 spiro atoms. The zero-order chi connectivity index (χ0) is 56.1. The quantitative estimate of drug-likeness (QED) is 0.0212. The fraction of sp³-hybridized carbons (Fsp3) is 0.292. The molecule has 28 heteroatoms. The van der Waals surface area contributed by atoms with Gasteiger partial charge in [0.25, 0.3) is 0 Å². The Bertz CT molecular complexity index is 2170. The third-order valence-electron chi connectivity index (χ3n) is 9.42. The number of rotatable bonds is 21. The molecule has 0 saturated carbocycles. The second-order valence-electron chi connectivity index (χ2n) is 15.9.